The van der Waals surface area contributed by atoms with Gasteiger partial charge in [-0.1, -0.05) is 147 Å². The molecule has 2 heteroatoms. The van der Waals surface area contributed by atoms with Gasteiger partial charge in [0, 0.05) is 32.6 Å². The van der Waals surface area contributed by atoms with Gasteiger partial charge < -0.3 is 9.13 Å². The Labute approximate surface area is 308 Å². The first-order valence-corrected chi connectivity index (χ1v) is 18.5. The third-order valence-electron chi connectivity index (χ3n) is 11.7. The van der Waals surface area contributed by atoms with Gasteiger partial charge in [0.2, 0.25) is 0 Å². The number of hydrogen-bond acceptors (Lipinski definition) is 0. The lowest BCUT2D eigenvalue weighted by Crippen LogP contribution is -2.17. The Kier molecular flexibility index (Phi) is 6.33. The summed E-state index contributed by atoms with van der Waals surface area (Å²) in [4.78, 5) is 0. The van der Waals surface area contributed by atoms with Crippen LogP contribution in [-0.2, 0) is 5.41 Å². The van der Waals surface area contributed by atoms with E-state index >= 15 is 0 Å². The normalized spacial score (nSPS) is 13.2. The average Bonchev–Trinajstić information content (AvgIpc) is 3.82. The summed E-state index contributed by atoms with van der Waals surface area (Å²) in [6, 6.07) is 67.0. The SMILES string of the molecule is CC1(C)c2ccccc2-c2cccc(-n3c4ccccc4c4c5c6ccccc6n(-c6cc(-c7ccccc7)cc(-c7ccccc7)c6)c5ccc43)c21. The van der Waals surface area contributed by atoms with Crippen LogP contribution in [0, 0.1) is 0 Å². The van der Waals surface area contributed by atoms with Gasteiger partial charge in [0.05, 0.1) is 27.8 Å². The van der Waals surface area contributed by atoms with Crippen LogP contribution in [-0.4, -0.2) is 9.13 Å². The number of hydrogen-bond donors (Lipinski definition) is 0. The number of para-hydroxylation sites is 2. The highest BCUT2D eigenvalue weighted by atomic mass is 15.0. The average molecular weight is 677 g/mol. The van der Waals surface area contributed by atoms with E-state index in [1.54, 1.807) is 0 Å². The molecule has 0 atom stereocenters. The van der Waals surface area contributed by atoms with E-state index in [2.05, 4.69) is 205 Å². The molecule has 0 radical (unpaired) electrons. The third-order valence-corrected chi connectivity index (χ3v) is 11.7. The van der Waals surface area contributed by atoms with E-state index < -0.39 is 0 Å². The molecule has 8 aromatic carbocycles. The summed E-state index contributed by atoms with van der Waals surface area (Å²) in [5.74, 6) is 0. The van der Waals surface area contributed by atoms with Crippen LogP contribution in [0.5, 0.6) is 0 Å². The number of nitrogens with zero attached hydrogens (tertiary/aromatic N) is 2. The van der Waals surface area contributed by atoms with Crippen molar-refractivity contribution in [2.75, 3.05) is 0 Å². The fourth-order valence-corrected chi connectivity index (χ4v) is 9.40. The minimum atomic E-state index is -0.138. The zero-order chi connectivity index (χ0) is 35.3. The second kappa shape index (κ2) is 11.2. The zero-order valence-corrected chi connectivity index (χ0v) is 29.7. The summed E-state index contributed by atoms with van der Waals surface area (Å²) in [6.45, 7) is 4.77. The predicted octanol–water partition coefficient (Wildman–Crippen LogP) is 13.5. The molecule has 0 saturated heterocycles. The maximum Gasteiger partial charge on any atom is 0.0549 e. The molecule has 0 amide bonds. The van der Waals surface area contributed by atoms with Crippen molar-refractivity contribution in [1.29, 1.82) is 0 Å². The molecule has 2 aromatic heterocycles. The molecule has 10 aromatic rings. The van der Waals surface area contributed by atoms with Gasteiger partial charge in [0.1, 0.15) is 0 Å². The molecule has 250 valence electrons. The first kappa shape index (κ1) is 30.0. The van der Waals surface area contributed by atoms with E-state index in [9.17, 15) is 0 Å². The van der Waals surface area contributed by atoms with Gasteiger partial charge in [-0.3, -0.25) is 0 Å². The Bertz CT molecular complexity index is 3010. The molecule has 2 nitrogen and oxygen atoms in total. The van der Waals surface area contributed by atoms with Gasteiger partial charge in [-0.2, -0.15) is 0 Å². The van der Waals surface area contributed by atoms with Gasteiger partial charge in [-0.25, -0.2) is 0 Å². The van der Waals surface area contributed by atoms with Gasteiger partial charge >= 0.3 is 0 Å². The lowest BCUT2D eigenvalue weighted by Gasteiger charge is -2.25. The van der Waals surface area contributed by atoms with Crippen molar-refractivity contribution >= 4 is 43.6 Å². The van der Waals surface area contributed by atoms with Crippen LogP contribution in [0.4, 0.5) is 0 Å². The molecule has 53 heavy (non-hydrogen) atoms. The highest BCUT2D eigenvalue weighted by Gasteiger charge is 2.38. The third kappa shape index (κ3) is 4.27. The van der Waals surface area contributed by atoms with Crippen LogP contribution in [0.15, 0.2) is 182 Å². The molecule has 0 saturated carbocycles. The predicted molar refractivity (Wildman–Crippen MR) is 224 cm³/mol. The topological polar surface area (TPSA) is 9.86 Å². The summed E-state index contributed by atoms with van der Waals surface area (Å²) >= 11 is 0. The van der Waals surface area contributed by atoms with Gasteiger partial charge in [-0.05, 0) is 93.0 Å². The quantitative estimate of drug-likeness (QED) is 0.176. The molecule has 0 N–H and O–H groups in total. The van der Waals surface area contributed by atoms with E-state index in [1.165, 1.54) is 93.8 Å². The first-order valence-electron chi connectivity index (χ1n) is 18.5. The molecule has 0 unspecified atom stereocenters. The van der Waals surface area contributed by atoms with Crippen molar-refractivity contribution in [1.82, 2.24) is 9.13 Å². The summed E-state index contributed by atoms with van der Waals surface area (Å²) in [6.07, 6.45) is 0. The van der Waals surface area contributed by atoms with Crippen LogP contribution in [0.1, 0.15) is 25.0 Å². The van der Waals surface area contributed by atoms with E-state index in [0.717, 1.165) is 5.69 Å². The molecular formula is C51H36N2. The highest BCUT2D eigenvalue weighted by Crippen LogP contribution is 2.52. The molecule has 0 bridgehead atoms. The maximum absolute atomic E-state index is 2.53. The van der Waals surface area contributed by atoms with Crippen molar-refractivity contribution in [3.63, 3.8) is 0 Å². The Morgan fingerprint density at radius 2 is 0.887 bits per heavy atom. The van der Waals surface area contributed by atoms with E-state index in [4.69, 9.17) is 0 Å². The molecule has 1 aliphatic carbocycles. The summed E-state index contributed by atoms with van der Waals surface area (Å²) < 4.78 is 5.02. The lowest BCUT2D eigenvalue weighted by atomic mass is 9.81. The number of benzene rings is 8. The Balaban J connectivity index is 1.24. The Morgan fingerprint density at radius 3 is 1.53 bits per heavy atom. The first-order chi connectivity index (χ1) is 26.1. The van der Waals surface area contributed by atoms with Crippen LogP contribution in [0.25, 0.3) is 88.4 Å². The van der Waals surface area contributed by atoms with Gasteiger partial charge in [0.25, 0.3) is 0 Å². The van der Waals surface area contributed by atoms with Gasteiger partial charge in [-0.15, -0.1) is 0 Å². The summed E-state index contributed by atoms with van der Waals surface area (Å²) in [5, 5.41) is 5.11. The fraction of sp³-hybridized carbons (Fsp3) is 0.0588. The minimum Gasteiger partial charge on any atom is -0.309 e. The number of fused-ring (bicyclic) bond motifs is 10. The Hall–Kier alpha value is -6.64. The molecule has 0 aliphatic heterocycles. The standard InChI is InChI=1S/C51H36N2/c1-51(2)42-24-12-9-20-38(42)39-23-15-27-47(50(39)51)53-44-26-14-11-22-41(44)49-46(53)29-28-45-48(49)40-21-10-13-25-43(40)52(45)37-31-35(33-16-5-3-6-17-33)30-36(32-37)34-18-7-4-8-19-34/h3-32H,1-2H3. The maximum atomic E-state index is 2.53. The summed E-state index contributed by atoms with van der Waals surface area (Å²) in [5.41, 5.74) is 17.4. The smallest absolute Gasteiger partial charge is 0.0549 e. The second-order valence-corrected chi connectivity index (χ2v) is 14.9. The van der Waals surface area contributed by atoms with Crippen molar-refractivity contribution in [3.05, 3.63) is 193 Å². The van der Waals surface area contributed by atoms with E-state index in [0.29, 0.717) is 0 Å². The molecule has 1 aliphatic rings. The Morgan fingerprint density at radius 1 is 0.377 bits per heavy atom. The van der Waals surface area contributed by atoms with E-state index in [-0.39, 0.29) is 5.41 Å². The van der Waals surface area contributed by atoms with Crippen LogP contribution in [0.2, 0.25) is 0 Å². The monoisotopic (exact) mass is 676 g/mol. The van der Waals surface area contributed by atoms with Crippen molar-refractivity contribution in [2.45, 2.75) is 19.3 Å². The zero-order valence-electron chi connectivity index (χ0n) is 29.7. The fourth-order valence-electron chi connectivity index (χ4n) is 9.40. The molecule has 0 fully saturated rings. The molecule has 11 rings (SSSR count). The minimum absolute atomic E-state index is 0.138. The molecular weight excluding hydrogens is 641 g/mol. The van der Waals surface area contributed by atoms with Crippen molar-refractivity contribution < 1.29 is 0 Å². The number of rotatable bonds is 4. The largest absolute Gasteiger partial charge is 0.309 e. The van der Waals surface area contributed by atoms with Gasteiger partial charge in [0.15, 0.2) is 0 Å². The van der Waals surface area contributed by atoms with Crippen LogP contribution < -0.4 is 0 Å². The van der Waals surface area contributed by atoms with Crippen molar-refractivity contribution in [2.24, 2.45) is 0 Å². The summed E-state index contributed by atoms with van der Waals surface area (Å²) in [7, 11) is 0. The van der Waals surface area contributed by atoms with E-state index in [1.807, 2.05) is 0 Å². The highest BCUT2D eigenvalue weighted by molar-refractivity contribution is 6.29. The van der Waals surface area contributed by atoms with Crippen LogP contribution >= 0.6 is 0 Å². The molecule has 0 spiro atoms. The number of aromatic nitrogens is 2. The van der Waals surface area contributed by atoms with Crippen molar-refractivity contribution in [3.8, 4) is 44.8 Å². The second-order valence-electron chi connectivity index (χ2n) is 14.9. The van der Waals surface area contributed by atoms with Crippen LogP contribution in [0.3, 0.4) is 0 Å². The molecule has 2 heterocycles. The lowest BCUT2D eigenvalue weighted by molar-refractivity contribution is 0.656.